The van der Waals surface area contributed by atoms with Gasteiger partial charge in [-0.3, -0.25) is 4.79 Å². The van der Waals surface area contributed by atoms with Gasteiger partial charge < -0.3 is 16.0 Å². The van der Waals surface area contributed by atoms with E-state index >= 15 is 0 Å². The first kappa shape index (κ1) is 15.9. The summed E-state index contributed by atoms with van der Waals surface area (Å²) in [7, 11) is 0. The third kappa shape index (κ3) is 2.35. The summed E-state index contributed by atoms with van der Waals surface area (Å²) in [5.74, 6) is 1.18. The average molecular weight is 337 g/mol. The fourth-order valence-corrected chi connectivity index (χ4v) is 3.88. The summed E-state index contributed by atoms with van der Waals surface area (Å²) in [6.45, 7) is 2.69. The summed E-state index contributed by atoms with van der Waals surface area (Å²) < 4.78 is 2.17. The fraction of sp³-hybridized carbons (Fsp3) is 0.421. The summed E-state index contributed by atoms with van der Waals surface area (Å²) in [6.07, 6.45) is 4.52. The first-order valence-electron chi connectivity index (χ1n) is 8.89. The molecule has 6 nitrogen and oxygen atoms in total. The molecule has 0 saturated heterocycles. The smallest absolute Gasteiger partial charge is 0.225 e. The van der Waals surface area contributed by atoms with Crippen LogP contribution in [0.2, 0.25) is 0 Å². The lowest BCUT2D eigenvalue weighted by Crippen LogP contribution is -2.46. The van der Waals surface area contributed by atoms with Crippen molar-refractivity contribution in [2.45, 2.75) is 45.6 Å². The molecule has 6 heteroatoms. The van der Waals surface area contributed by atoms with Gasteiger partial charge in [0.25, 0.3) is 0 Å². The van der Waals surface area contributed by atoms with Crippen LogP contribution in [-0.2, 0) is 17.8 Å². The Morgan fingerprint density at radius 1 is 1.28 bits per heavy atom. The Hall–Kier alpha value is -2.63. The number of anilines is 1. The number of nitrogen functional groups attached to an aromatic ring is 1. The summed E-state index contributed by atoms with van der Waals surface area (Å²) in [5.41, 5.74) is 14.0. The largest absolute Gasteiger partial charge is 0.382 e. The number of aryl methyl sites for hydroxylation is 1. The van der Waals surface area contributed by atoms with Crippen LogP contribution in [0.4, 0.5) is 5.82 Å². The number of para-hydroxylation sites is 1. The van der Waals surface area contributed by atoms with Crippen LogP contribution >= 0.6 is 0 Å². The van der Waals surface area contributed by atoms with E-state index in [4.69, 9.17) is 16.5 Å². The van der Waals surface area contributed by atoms with Crippen molar-refractivity contribution in [2.75, 3.05) is 5.73 Å². The Morgan fingerprint density at radius 3 is 2.68 bits per heavy atom. The van der Waals surface area contributed by atoms with E-state index in [2.05, 4.69) is 16.5 Å². The van der Waals surface area contributed by atoms with Crippen LogP contribution in [0.3, 0.4) is 0 Å². The van der Waals surface area contributed by atoms with Crippen molar-refractivity contribution in [3.8, 4) is 0 Å². The van der Waals surface area contributed by atoms with Gasteiger partial charge in [0.1, 0.15) is 11.3 Å². The molecule has 1 aliphatic carbocycles. The van der Waals surface area contributed by atoms with Crippen molar-refractivity contribution in [3.05, 3.63) is 30.1 Å². The Morgan fingerprint density at radius 2 is 2.04 bits per heavy atom. The van der Waals surface area contributed by atoms with Gasteiger partial charge in [-0.1, -0.05) is 31.5 Å². The molecule has 1 aromatic carbocycles. The van der Waals surface area contributed by atoms with Crippen LogP contribution in [0.15, 0.2) is 24.3 Å². The number of fused-ring (bicyclic) bond motifs is 3. The van der Waals surface area contributed by atoms with E-state index in [9.17, 15) is 4.79 Å². The normalized spacial score (nSPS) is 16.2. The van der Waals surface area contributed by atoms with Gasteiger partial charge >= 0.3 is 0 Å². The first-order valence-corrected chi connectivity index (χ1v) is 8.89. The molecule has 1 aliphatic rings. The number of carbonyl (C=O) groups is 1. The second kappa shape index (κ2) is 5.72. The average Bonchev–Trinajstić information content (AvgIpc) is 2.90. The Labute approximate surface area is 146 Å². The van der Waals surface area contributed by atoms with E-state index in [1.165, 1.54) is 0 Å². The fourth-order valence-electron chi connectivity index (χ4n) is 3.88. The number of nitrogens with zero attached hydrogens (tertiary/aromatic N) is 3. The number of pyridine rings is 1. The van der Waals surface area contributed by atoms with E-state index in [0.29, 0.717) is 12.4 Å². The lowest BCUT2D eigenvalue weighted by Gasteiger charge is -2.39. The number of hydrogen-bond donors (Lipinski definition) is 2. The molecular weight excluding hydrogens is 314 g/mol. The minimum atomic E-state index is -0.463. The lowest BCUT2D eigenvalue weighted by molar-refractivity contribution is -0.133. The third-order valence-corrected chi connectivity index (χ3v) is 5.46. The first-order chi connectivity index (χ1) is 12.1. The molecule has 2 aromatic heterocycles. The predicted octanol–water partition coefficient (Wildman–Crippen LogP) is 2.77. The minimum Gasteiger partial charge on any atom is -0.382 e. The zero-order valence-electron chi connectivity index (χ0n) is 14.5. The van der Waals surface area contributed by atoms with Crippen LogP contribution in [0, 0.1) is 5.41 Å². The standard InChI is InChI=1S/C19H23N5O/c1-2-6-14-23-15-16(12-7-3-4-8-13(12)22-17(15)20)24(14)11-19(18(21)25)9-5-10-19/h3-4,7-8H,2,5-6,9-11H2,1H3,(H2,20,22)(H2,21,25). The van der Waals surface area contributed by atoms with Crippen LogP contribution in [0.5, 0.6) is 0 Å². The summed E-state index contributed by atoms with van der Waals surface area (Å²) in [5, 5.41) is 1.01. The molecule has 1 fully saturated rings. The Bertz CT molecular complexity index is 971. The monoisotopic (exact) mass is 337 g/mol. The van der Waals surface area contributed by atoms with Crippen LogP contribution in [0.25, 0.3) is 21.9 Å². The molecule has 4 N–H and O–H groups in total. The number of rotatable bonds is 5. The molecule has 0 atom stereocenters. The zero-order valence-corrected chi connectivity index (χ0v) is 14.5. The number of benzene rings is 1. The van der Waals surface area contributed by atoms with Gasteiger partial charge in [-0.15, -0.1) is 0 Å². The molecule has 0 aliphatic heterocycles. The molecule has 4 rings (SSSR count). The van der Waals surface area contributed by atoms with E-state index in [-0.39, 0.29) is 5.91 Å². The molecule has 0 bridgehead atoms. The van der Waals surface area contributed by atoms with Gasteiger partial charge in [0.05, 0.1) is 16.4 Å². The maximum atomic E-state index is 12.1. The molecule has 25 heavy (non-hydrogen) atoms. The molecule has 0 radical (unpaired) electrons. The highest BCUT2D eigenvalue weighted by molar-refractivity contribution is 6.06. The molecule has 1 saturated carbocycles. The van der Waals surface area contributed by atoms with E-state index in [1.54, 1.807) is 0 Å². The van der Waals surface area contributed by atoms with E-state index in [0.717, 1.165) is 59.9 Å². The number of hydrogen-bond acceptors (Lipinski definition) is 4. The van der Waals surface area contributed by atoms with Gasteiger partial charge in [-0.05, 0) is 25.3 Å². The van der Waals surface area contributed by atoms with Crippen molar-refractivity contribution in [1.82, 2.24) is 14.5 Å². The predicted molar refractivity (Wildman–Crippen MR) is 98.9 cm³/mol. The minimum absolute atomic E-state index is 0.214. The topological polar surface area (TPSA) is 99.8 Å². The highest BCUT2D eigenvalue weighted by atomic mass is 16.1. The number of primary amides is 1. The van der Waals surface area contributed by atoms with Gasteiger partial charge in [-0.25, -0.2) is 9.97 Å². The highest BCUT2D eigenvalue weighted by Crippen LogP contribution is 2.43. The number of nitrogens with two attached hydrogens (primary N) is 2. The summed E-state index contributed by atoms with van der Waals surface area (Å²) in [6, 6.07) is 7.93. The van der Waals surface area contributed by atoms with Crippen molar-refractivity contribution in [3.63, 3.8) is 0 Å². The van der Waals surface area contributed by atoms with Gasteiger partial charge in [0.15, 0.2) is 5.82 Å². The quantitative estimate of drug-likeness (QED) is 0.747. The number of imidazole rings is 1. The Balaban J connectivity index is 2.00. The third-order valence-electron chi connectivity index (χ3n) is 5.46. The lowest BCUT2D eigenvalue weighted by atomic mass is 9.68. The number of aromatic nitrogens is 3. The molecule has 0 unspecified atom stereocenters. The van der Waals surface area contributed by atoms with Crippen LogP contribution in [0.1, 0.15) is 38.4 Å². The zero-order chi connectivity index (χ0) is 17.6. The molecule has 2 heterocycles. The van der Waals surface area contributed by atoms with Crippen molar-refractivity contribution >= 4 is 33.7 Å². The second-order valence-electron chi connectivity index (χ2n) is 7.07. The van der Waals surface area contributed by atoms with Crippen LogP contribution < -0.4 is 11.5 Å². The number of carbonyl (C=O) groups excluding carboxylic acids is 1. The summed E-state index contributed by atoms with van der Waals surface area (Å²) in [4.78, 5) is 21.4. The maximum absolute atomic E-state index is 12.1. The van der Waals surface area contributed by atoms with Gasteiger partial charge in [0.2, 0.25) is 5.91 Å². The SMILES string of the molecule is CCCc1nc2c(N)nc3ccccc3c2n1CC1(C(N)=O)CCC1. The van der Waals surface area contributed by atoms with Crippen molar-refractivity contribution < 1.29 is 4.79 Å². The van der Waals surface area contributed by atoms with Gasteiger partial charge in [0, 0.05) is 18.4 Å². The van der Waals surface area contributed by atoms with Crippen molar-refractivity contribution in [1.29, 1.82) is 0 Å². The molecule has 3 aromatic rings. The second-order valence-corrected chi connectivity index (χ2v) is 7.07. The van der Waals surface area contributed by atoms with Gasteiger partial charge in [-0.2, -0.15) is 0 Å². The van der Waals surface area contributed by atoms with Crippen molar-refractivity contribution in [2.24, 2.45) is 11.1 Å². The van der Waals surface area contributed by atoms with Crippen LogP contribution in [-0.4, -0.2) is 20.4 Å². The highest BCUT2D eigenvalue weighted by Gasteiger charge is 2.43. The maximum Gasteiger partial charge on any atom is 0.225 e. The molecule has 130 valence electrons. The van der Waals surface area contributed by atoms with E-state index < -0.39 is 5.41 Å². The number of amides is 1. The Kier molecular flexibility index (Phi) is 3.63. The van der Waals surface area contributed by atoms with E-state index in [1.807, 2.05) is 24.3 Å². The molecule has 1 amide bonds. The molecular formula is C19H23N5O. The molecule has 0 spiro atoms. The summed E-state index contributed by atoms with van der Waals surface area (Å²) >= 11 is 0.